The molecule has 4 atom stereocenters. The van der Waals surface area contributed by atoms with Gasteiger partial charge in [-0.1, -0.05) is 13.8 Å². The van der Waals surface area contributed by atoms with Gasteiger partial charge in [0.2, 0.25) is 5.91 Å². The van der Waals surface area contributed by atoms with Gasteiger partial charge in [-0.15, -0.1) is 0 Å². The Bertz CT molecular complexity index is 317. The highest BCUT2D eigenvalue weighted by molar-refractivity contribution is 5.81. The molecule has 2 N–H and O–H groups in total. The van der Waals surface area contributed by atoms with Gasteiger partial charge >= 0.3 is 0 Å². The second-order valence-corrected chi connectivity index (χ2v) is 7.27. The van der Waals surface area contributed by atoms with Crippen molar-refractivity contribution in [2.45, 2.75) is 52.4 Å². The zero-order valence-electron chi connectivity index (χ0n) is 9.81. The van der Waals surface area contributed by atoms with Crippen molar-refractivity contribution in [3.8, 4) is 0 Å². The molecular weight excluding hydrogens is 186 g/mol. The molecule has 4 rings (SSSR count). The molecule has 0 aromatic heterocycles. The molecule has 0 radical (unpaired) electrons. The second kappa shape index (κ2) is 2.41. The van der Waals surface area contributed by atoms with Crippen molar-refractivity contribution in [3.63, 3.8) is 0 Å². The highest BCUT2D eigenvalue weighted by atomic mass is 16.1. The van der Waals surface area contributed by atoms with Gasteiger partial charge in [-0.05, 0) is 55.3 Å². The Morgan fingerprint density at radius 2 is 1.60 bits per heavy atom. The van der Waals surface area contributed by atoms with E-state index in [9.17, 15) is 4.79 Å². The minimum Gasteiger partial charge on any atom is -0.369 e. The normalized spacial score (nSPS) is 57.1. The van der Waals surface area contributed by atoms with Gasteiger partial charge in [0.1, 0.15) is 0 Å². The first-order valence-electron chi connectivity index (χ1n) is 6.15. The van der Waals surface area contributed by atoms with Crippen molar-refractivity contribution in [1.29, 1.82) is 0 Å². The average molecular weight is 207 g/mol. The zero-order chi connectivity index (χ0) is 10.9. The van der Waals surface area contributed by atoms with E-state index in [0.717, 1.165) is 25.2 Å². The summed E-state index contributed by atoms with van der Waals surface area (Å²) in [6, 6.07) is 0. The molecule has 0 saturated heterocycles. The monoisotopic (exact) mass is 207 g/mol. The van der Waals surface area contributed by atoms with Crippen LogP contribution in [0.5, 0.6) is 0 Å². The third kappa shape index (κ3) is 1.20. The minimum absolute atomic E-state index is 0.0240. The molecule has 2 unspecified atom stereocenters. The summed E-state index contributed by atoms with van der Waals surface area (Å²) in [6.07, 6.45) is 7.16. The predicted octanol–water partition coefficient (Wildman–Crippen LogP) is 2.47. The molecule has 4 aliphatic carbocycles. The largest absolute Gasteiger partial charge is 0.369 e. The number of hydrogen-bond acceptors (Lipinski definition) is 1. The predicted molar refractivity (Wildman–Crippen MR) is 59.0 cm³/mol. The molecule has 0 aromatic carbocycles. The van der Waals surface area contributed by atoms with Gasteiger partial charge in [-0.3, -0.25) is 4.79 Å². The SMILES string of the molecule is C[C@]12CC3CC(C(N)=O)(C1)C[C@@](C)(C3)C2. The van der Waals surface area contributed by atoms with Crippen molar-refractivity contribution >= 4 is 5.91 Å². The zero-order valence-corrected chi connectivity index (χ0v) is 9.81. The fourth-order valence-corrected chi connectivity index (χ4v) is 5.72. The number of rotatable bonds is 1. The highest BCUT2D eigenvalue weighted by Gasteiger charge is 2.62. The summed E-state index contributed by atoms with van der Waals surface area (Å²) in [5.41, 5.74) is 6.35. The standard InChI is InChI=1S/C13H21NO/c1-11-3-9-4-12(2,6-11)8-13(5-9,7-11)10(14)15/h9H,3-8H2,1-2H3,(H2,14,15)/t9?,11-,12+,13?. The van der Waals surface area contributed by atoms with Crippen molar-refractivity contribution in [2.24, 2.45) is 27.9 Å². The van der Waals surface area contributed by atoms with Crippen LogP contribution in [-0.2, 0) is 4.79 Å². The number of nitrogens with two attached hydrogens (primary N) is 1. The first kappa shape index (κ1) is 9.68. The van der Waals surface area contributed by atoms with E-state index in [2.05, 4.69) is 13.8 Å². The van der Waals surface area contributed by atoms with E-state index in [1.807, 2.05) is 0 Å². The van der Waals surface area contributed by atoms with Crippen molar-refractivity contribution in [1.82, 2.24) is 0 Å². The van der Waals surface area contributed by atoms with E-state index in [4.69, 9.17) is 5.73 Å². The third-order valence-electron chi connectivity index (χ3n) is 5.15. The quantitative estimate of drug-likeness (QED) is 0.705. The molecule has 0 spiro atoms. The van der Waals surface area contributed by atoms with Crippen LogP contribution in [0.4, 0.5) is 0 Å². The van der Waals surface area contributed by atoms with Crippen molar-refractivity contribution in [3.05, 3.63) is 0 Å². The van der Waals surface area contributed by atoms with Crippen LogP contribution in [0.1, 0.15) is 52.4 Å². The molecule has 4 bridgehead atoms. The molecule has 2 heteroatoms. The van der Waals surface area contributed by atoms with E-state index in [1.165, 1.54) is 19.3 Å². The number of amides is 1. The first-order valence-corrected chi connectivity index (χ1v) is 6.15. The summed E-state index contributed by atoms with van der Waals surface area (Å²) in [6.45, 7) is 4.74. The number of hydrogen-bond donors (Lipinski definition) is 1. The van der Waals surface area contributed by atoms with E-state index in [1.54, 1.807) is 0 Å². The van der Waals surface area contributed by atoms with Crippen LogP contribution in [0.15, 0.2) is 0 Å². The summed E-state index contributed by atoms with van der Waals surface area (Å²) in [7, 11) is 0. The van der Waals surface area contributed by atoms with Crippen LogP contribution in [0, 0.1) is 22.2 Å². The molecule has 4 aliphatic rings. The lowest BCUT2D eigenvalue weighted by Gasteiger charge is -2.64. The summed E-state index contributed by atoms with van der Waals surface area (Å²) in [4.78, 5) is 11.8. The fourth-order valence-electron chi connectivity index (χ4n) is 5.72. The van der Waals surface area contributed by atoms with Crippen LogP contribution in [0.25, 0.3) is 0 Å². The second-order valence-electron chi connectivity index (χ2n) is 7.27. The van der Waals surface area contributed by atoms with Crippen LogP contribution < -0.4 is 5.73 Å². The van der Waals surface area contributed by atoms with E-state index in [0.29, 0.717) is 10.8 Å². The average Bonchev–Trinajstić information content (AvgIpc) is 1.95. The van der Waals surface area contributed by atoms with Crippen LogP contribution in [0.2, 0.25) is 0 Å². The topological polar surface area (TPSA) is 43.1 Å². The van der Waals surface area contributed by atoms with Gasteiger partial charge < -0.3 is 5.73 Å². The van der Waals surface area contributed by atoms with Gasteiger partial charge in [-0.25, -0.2) is 0 Å². The molecule has 4 fully saturated rings. The molecule has 84 valence electrons. The summed E-state index contributed by atoms with van der Waals surface area (Å²) >= 11 is 0. The lowest BCUT2D eigenvalue weighted by atomic mass is 9.40. The molecule has 0 heterocycles. The van der Waals surface area contributed by atoms with Crippen LogP contribution in [-0.4, -0.2) is 5.91 Å². The Morgan fingerprint density at radius 1 is 1.07 bits per heavy atom. The lowest BCUT2D eigenvalue weighted by molar-refractivity contribution is -0.167. The molecule has 4 saturated carbocycles. The Balaban J connectivity index is 2.05. The molecule has 15 heavy (non-hydrogen) atoms. The maximum Gasteiger partial charge on any atom is 0.223 e. The van der Waals surface area contributed by atoms with Crippen molar-refractivity contribution in [2.75, 3.05) is 0 Å². The number of carbonyl (C=O) groups is 1. The maximum atomic E-state index is 11.8. The smallest absolute Gasteiger partial charge is 0.223 e. The molecule has 1 amide bonds. The van der Waals surface area contributed by atoms with Crippen LogP contribution >= 0.6 is 0 Å². The highest BCUT2D eigenvalue weighted by Crippen LogP contribution is 2.69. The van der Waals surface area contributed by atoms with Gasteiger partial charge in [0.15, 0.2) is 0 Å². The lowest BCUT2D eigenvalue weighted by Crippen LogP contribution is -2.59. The molecular formula is C13H21NO. The Kier molecular flexibility index (Phi) is 1.56. The fraction of sp³-hybridized carbons (Fsp3) is 0.923. The van der Waals surface area contributed by atoms with Gasteiger partial charge in [0.05, 0.1) is 5.41 Å². The molecule has 2 nitrogen and oxygen atoms in total. The molecule has 0 aliphatic heterocycles. The van der Waals surface area contributed by atoms with Crippen molar-refractivity contribution < 1.29 is 4.79 Å². The summed E-state index contributed by atoms with van der Waals surface area (Å²) < 4.78 is 0. The Hall–Kier alpha value is -0.530. The maximum absolute atomic E-state index is 11.8. The Morgan fingerprint density at radius 3 is 2.00 bits per heavy atom. The first-order chi connectivity index (χ1) is 6.85. The minimum atomic E-state index is -0.136. The third-order valence-corrected chi connectivity index (χ3v) is 5.15. The number of primary amides is 1. The summed E-state index contributed by atoms with van der Waals surface area (Å²) in [5.74, 6) is 0.743. The van der Waals surface area contributed by atoms with E-state index in [-0.39, 0.29) is 11.3 Å². The Labute approximate surface area is 91.6 Å². The van der Waals surface area contributed by atoms with E-state index < -0.39 is 0 Å². The van der Waals surface area contributed by atoms with Gasteiger partial charge in [0, 0.05) is 0 Å². The van der Waals surface area contributed by atoms with Gasteiger partial charge in [0.25, 0.3) is 0 Å². The van der Waals surface area contributed by atoms with Gasteiger partial charge in [-0.2, -0.15) is 0 Å². The number of carbonyl (C=O) groups excluding carboxylic acids is 1. The van der Waals surface area contributed by atoms with Crippen LogP contribution in [0.3, 0.4) is 0 Å². The molecule has 0 aromatic rings. The van der Waals surface area contributed by atoms with E-state index >= 15 is 0 Å². The summed E-state index contributed by atoms with van der Waals surface area (Å²) in [5, 5.41) is 0.